The van der Waals surface area contributed by atoms with E-state index < -0.39 is 0 Å². The number of fused-ring (bicyclic) bond motifs is 2. The topological polar surface area (TPSA) is 32.7 Å². The Balaban J connectivity index is 2.02. The fourth-order valence-corrected chi connectivity index (χ4v) is 3.85. The number of likely N-dealkylation sites (N-methyl/N-ethyl adjacent to an activating group) is 1. The standard InChI is InChI=1S/C19H16N2OS/c1-2-21-12-17(22)23-19(21)20-18-15-9-5-3-7-13(15)11-14-8-4-6-10-16(14)18/h3-11H,2,12H2,1H3. The second-order valence-corrected chi connectivity index (χ2v) is 6.57. The Hall–Kier alpha value is -2.33. The lowest BCUT2D eigenvalue weighted by molar-refractivity contribution is -0.110. The van der Waals surface area contributed by atoms with Crippen LogP contribution in [0.2, 0.25) is 0 Å². The van der Waals surface area contributed by atoms with Crippen LogP contribution in [0.3, 0.4) is 0 Å². The number of aliphatic imine (C=N–C) groups is 1. The quantitative estimate of drug-likeness (QED) is 0.648. The van der Waals surface area contributed by atoms with Crippen molar-refractivity contribution in [2.24, 2.45) is 4.99 Å². The Morgan fingerprint density at radius 2 is 1.65 bits per heavy atom. The van der Waals surface area contributed by atoms with Crippen LogP contribution in [0.25, 0.3) is 21.5 Å². The number of hydrogen-bond acceptors (Lipinski definition) is 3. The van der Waals surface area contributed by atoms with Crippen molar-refractivity contribution in [3.8, 4) is 0 Å². The minimum absolute atomic E-state index is 0.162. The summed E-state index contributed by atoms with van der Waals surface area (Å²) in [6, 6.07) is 18.7. The van der Waals surface area contributed by atoms with Crippen molar-refractivity contribution >= 4 is 49.3 Å². The van der Waals surface area contributed by atoms with E-state index in [0.29, 0.717) is 6.54 Å². The van der Waals surface area contributed by atoms with Crippen molar-refractivity contribution < 1.29 is 4.79 Å². The third-order valence-electron chi connectivity index (χ3n) is 4.13. The normalized spacial score (nSPS) is 16.8. The van der Waals surface area contributed by atoms with E-state index in [4.69, 9.17) is 4.99 Å². The molecular weight excluding hydrogens is 304 g/mol. The predicted octanol–water partition coefficient (Wildman–Crippen LogP) is 4.58. The Bertz CT molecular complexity index is 894. The first kappa shape index (κ1) is 14.3. The maximum absolute atomic E-state index is 11.8. The largest absolute Gasteiger partial charge is 0.343 e. The fourth-order valence-electron chi connectivity index (χ4n) is 2.97. The van der Waals surface area contributed by atoms with Crippen LogP contribution in [-0.4, -0.2) is 28.3 Å². The molecule has 0 N–H and O–H groups in total. The number of amidine groups is 1. The molecule has 4 heteroatoms. The van der Waals surface area contributed by atoms with Crippen LogP contribution < -0.4 is 0 Å². The molecule has 114 valence electrons. The first-order valence-electron chi connectivity index (χ1n) is 7.71. The molecule has 0 aromatic heterocycles. The minimum atomic E-state index is 0.162. The Labute approximate surface area is 139 Å². The van der Waals surface area contributed by atoms with Gasteiger partial charge in [-0.2, -0.15) is 0 Å². The summed E-state index contributed by atoms with van der Waals surface area (Å²) in [5.74, 6) is 0. The first-order chi connectivity index (χ1) is 11.3. The van der Waals surface area contributed by atoms with Crippen LogP contribution >= 0.6 is 11.8 Å². The van der Waals surface area contributed by atoms with Gasteiger partial charge >= 0.3 is 0 Å². The van der Waals surface area contributed by atoms with Gasteiger partial charge in [0.1, 0.15) is 0 Å². The molecule has 3 nitrogen and oxygen atoms in total. The zero-order valence-electron chi connectivity index (χ0n) is 12.8. The van der Waals surface area contributed by atoms with Crippen molar-refractivity contribution in [3.63, 3.8) is 0 Å². The van der Waals surface area contributed by atoms with Crippen LogP contribution in [-0.2, 0) is 4.79 Å². The second kappa shape index (κ2) is 5.70. The monoisotopic (exact) mass is 320 g/mol. The maximum Gasteiger partial charge on any atom is 0.215 e. The van der Waals surface area contributed by atoms with Gasteiger partial charge in [-0.3, -0.25) is 4.79 Å². The summed E-state index contributed by atoms with van der Waals surface area (Å²) in [4.78, 5) is 18.7. The highest BCUT2D eigenvalue weighted by molar-refractivity contribution is 8.26. The van der Waals surface area contributed by atoms with Gasteiger partial charge in [0, 0.05) is 17.3 Å². The van der Waals surface area contributed by atoms with Crippen LogP contribution in [0.15, 0.2) is 59.6 Å². The number of nitrogens with zero attached hydrogens (tertiary/aromatic N) is 2. The fraction of sp³-hybridized carbons (Fsp3) is 0.158. The number of hydrogen-bond donors (Lipinski definition) is 0. The predicted molar refractivity (Wildman–Crippen MR) is 98.4 cm³/mol. The van der Waals surface area contributed by atoms with E-state index in [9.17, 15) is 4.79 Å². The number of benzene rings is 3. The van der Waals surface area contributed by atoms with E-state index in [0.717, 1.165) is 28.2 Å². The molecule has 0 radical (unpaired) electrons. The van der Waals surface area contributed by atoms with Crippen LogP contribution in [0.4, 0.5) is 5.69 Å². The third-order valence-corrected chi connectivity index (χ3v) is 5.02. The SMILES string of the molecule is CCN1CC(=O)SC1=Nc1c2ccccc2cc2ccccc12. The number of carbonyl (C=O) groups excluding carboxylic acids is 1. The van der Waals surface area contributed by atoms with Gasteiger partial charge in [0.05, 0.1) is 12.2 Å². The van der Waals surface area contributed by atoms with Crippen molar-refractivity contribution in [3.05, 3.63) is 54.6 Å². The van der Waals surface area contributed by atoms with E-state index in [1.807, 2.05) is 29.2 Å². The molecule has 0 atom stereocenters. The molecule has 0 saturated carbocycles. The van der Waals surface area contributed by atoms with Crippen molar-refractivity contribution in [2.45, 2.75) is 6.92 Å². The van der Waals surface area contributed by atoms with Gasteiger partial charge in [0.25, 0.3) is 0 Å². The molecule has 3 aromatic rings. The number of rotatable bonds is 2. The zero-order valence-corrected chi connectivity index (χ0v) is 13.6. The molecule has 0 bridgehead atoms. The molecule has 4 rings (SSSR count). The van der Waals surface area contributed by atoms with Gasteiger partial charge in [-0.05, 0) is 35.5 Å². The zero-order chi connectivity index (χ0) is 15.8. The molecule has 0 unspecified atom stereocenters. The van der Waals surface area contributed by atoms with Gasteiger partial charge < -0.3 is 4.90 Å². The average molecular weight is 320 g/mol. The summed E-state index contributed by atoms with van der Waals surface area (Å²) < 4.78 is 0. The van der Waals surface area contributed by atoms with Gasteiger partial charge in [-0.25, -0.2) is 4.99 Å². The molecular formula is C19H16N2OS. The Kier molecular flexibility index (Phi) is 3.54. The van der Waals surface area contributed by atoms with Crippen molar-refractivity contribution in [1.82, 2.24) is 4.90 Å². The maximum atomic E-state index is 11.8. The van der Waals surface area contributed by atoms with E-state index in [1.165, 1.54) is 22.5 Å². The highest BCUT2D eigenvalue weighted by Gasteiger charge is 2.26. The van der Waals surface area contributed by atoms with E-state index >= 15 is 0 Å². The molecule has 0 aliphatic carbocycles. The van der Waals surface area contributed by atoms with Gasteiger partial charge in [-0.1, -0.05) is 48.5 Å². The van der Waals surface area contributed by atoms with E-state index in [2.05, 4.69) is 37.3 Å². The lowest BCUT2D eigenvalue weighted by Gasteiger charge is -2.15. The number of thioether (sulfide) groups is 1. The Morgan fingerprint density at radius 3 is 2.26 bits per heavy atom. The highest BCUT2D eigenvalue weighted by Crippen LogP contribution is 2.36. The molecule has 1 aliphatic rings. The third kappa shape index (κ3) is 2.49. The lowest BCUT2D eigenvalue weighted by Crippen LogP contribution is -2.24. The van der Waals surface area contributed by atoms with E-state index in [-0.39, 0.29) is 5.12 Å². The molecule has 1 aliphatic heterocycles. The molecule has 0 spiro atoms. The lowest BCUT2D eigenvalue weighted by atomic mass is 10.0. The van der Waals surface area contributed by atoms with Gasteiger partial charge in [-0.15, -0.1) is 0 Å². The summed E-state index contributed by atoms with van der Waals surface area (Å²) in [6.45, 7) is 3.29. The highest BCUT2D eigenvalue weighted by atomic mass is 32.2. The van der Waals surface area contributed by atoms with Crippen molar-refractivity contribution in [1.29, 1.82) is 0 Å². The van der Waals surface area contributed by atoms with Crippen LogP contribution in [0, 0.1) is 0 Å². The summed E-state index contributed by atoms with van der Waals surface area (Å²) in [6.07, 6.45) is 0. The van der Waals surface area contributed by atoms with Gasteiger partial charge in [0.15, 0.2) is 5.17 Å². The second-order valence-electron chi connectivity index (χ2n) is 5.55. The summed E-state index contributed by atoms with van der Waals surface area (Å²) in [7, 11) is 0. The molecule has 1 saturated heterocycles. The van der Waals surface area contributed by atoms with Gasteiger partial charge in [0.2, 0.25) is 5.12 Å². The molecule has 3 aromatic carbocycles. The summed E-state index contributed by atoms with van der Waals surface area (Å²) in [5, 5.41) is 5.55. The molecule has 1 fully saturated rings. The number of carbonyl (C=O) groups is 1. The smallest absolute Gasteiger partial charge is 0.215 e. The summed E-state index contributed by atoms with van der Waals surface area (Å²) in [5.41, 5.74) is 0.953. The Morgan fingerprint density at radius 1 is 1.04 bits per heavy atom. The minimum Gasteiger partial charge on any atom is -0.343 e. The molecule has 1 heterocycles. The molecule has 0 amide bonds. The average Bonchev–Trinajstić information content (AvgIpc) is 2.94. The first-order valence-corrected chi connectivity index (χ1v) is 8.52. The van der Waals surface area contributed by atoms with Crippen LogP contribution in [0.5, 0.6) is 0 Å². The van der Waals surface area contributed by atoms with Crippen molar-refractivity contribution in [2.75, 3.05) is 13.1 Å². The van der Waals surface area contributed by atoms with Crippen LogP contribution in [0.1, 0.15) is 6.92 Å². The van der Waals surface area contributed by atoms with E-state index in [1.54, 1.807) is 0 Å². The summed E-state index contributed by atoms with van der Waals surface area (Å²) >= 11 is 1.25. The molecule has 23 heavy (non-hydrogen) atoms.